The Morgan fingerprint density at radius 2 is 1.76 bits per heavy atom. The van der Waals surface area contributed by atoms with E-state index in [-0.39, 0.29) is 30.1 Å². The van der Waals surface area contributed by atoms with Gasteiger partial charge in [0.2, 0.25) is 0 Å². The van der Waals surface area contributed by atoms with E-state index in [9.17, 15) is 36.0 Å². The van der Waals surface area contributed by atoms with Crippen LogP contribution in [0, 0.1) is 5.92 Å². The number of alkyl halides is 3. The number of carbonyl (C=O) groups is 3. The van der Waals surface area contributed by atoms with E-state index in [1.165, 1.54) is 0 Å². The second-order valence-electron chi connectivity index (χ2n) is 6.37. The Morgan fingerprint density at radius 1 is 1.21 bits per heavy atom. The number of carbonyl (C=O) groups excluding carboxylic acids is 3. The minimum absolute atomic E-state index is 0. The van der Waals surface area contributed by atoms with E-state index in [2.05, 4.69) is 4.74 Å². The lowest BCUT2D eigenvalue weighted by molar-refractivity contribution is -0.176. The van der Waals surface area contributed by atoms with E-state index in [0.717, 1.165) is 18.4 Å². The highest BCUT2D eigenvalue weighted by atomic mass is 35.5. The summed E-state index contributed by atoms with van der Waals surface area (Å²) in [4.78, 5) is 36.3. The number of benzene rings is 1. The SMILES string of the molecule is CS(=O)(=O)c1ccc(C(=O)C2C(=O)CCCC2=O)c(Cl)c1COCC(F)(F)F.N. The molecule has 162 valence electrons. The Labute approximate surface area is 170 Å². The molecule has 2 rings (SSSR count). The summed E-state index contributed by atoms with van der Waals surface area (Å²) in [5, 5.41) is -0.457. The van der Waals surface area contributed by atoms with Crippen molar-refractivity contribution in [2.24, 2.45) is 5.92 Å². The second kappa shape index (κ2) is 9.33. The minimum Gasteiger partial charge on any atom is -0.367 e. The smallest absolute Gasteiger partial charge is 0.367 e. The van der Waals surface area contributed by atoms with E-state index in [4.69, 9.17) is 11.6 Å². The number of Topliss-reactive ketones (excluding diaryl/α,β-unsaturated/α-hetero) is 3. The number of ether oxygens (including phenoxy) is 1. The van der Waals surface area contributed by atoms with Crippen molar-refractivity contribution in [3.63, 3.8) is 0 Å². The molecule has 1 saturated carbocycles. The number of hydrogen-bond donors (Lipinski definition) is 1. The summed E-state index contributed by atoms with van der Waals surface area (Å²) in [5.41, 5.74) is -0.650. The van der Waals surface area contributed by atoms with Crippen LogP contribution in [0.2, 0.25) is 5.02 Å². The maximum absolute atomic E-state index is 12.7. The molecule has 0 saturated heterocycles. The van der Waals surface area contributed by atoms with Crippen molar-refractivity contribution in [2.45, 2.75) is 36.9 Å². The van der Waals surface area contributed by atoms with Gasteiger partial charge in [0.05, 0.1) is 16.5 Å². The van der Waals surface area contributed by atoms with Crippen LogP contribution in [0.3, 0.4) is 0 Å². The van der Waals surface area contributed by atoms with Gasteiger partial charge < -0.3 is 10.9 Å². The first kappa shape index (κ1) is 25.2. The Hall–Kier alpha value is -1.82. The summed E-state index contributed by atoms with van der Waals surface area (Å²) in [7, 11) is -3.90. The topological polar surface area (TPSA) is 130 Å². The van der Waals surface area contributed by atoms with Crippen LogP contribution in [0.4, 0.5) is 13.2 Å². The fraction of sp³-hybridized carbons (Fsp3) is 0.471. The third-order valence-electron chi connectivity index (χ3n) is 4.13. The summed E-state index contributed by atoms with van der Waals surface area (Å²) in [5.74, 6) is -3.59. The average molecular weight is 458 g/mol. The molecule has 0 unspecified atom stereocenters. The van der Waals surface area contributed by atoms with E-state index >= 15 is 0 Å². The zero-order chi connectivity index (χ0) is 21.3. The number of halogens is 4. The van der Waals surface area contributed by atoms with Crippen LogP contribution in [0.5, 0.6) is 0 Å². The Bertz CT molecular complexity index is 914. The zero-order valence-electron chi connectivity index (χ0n) is 15.3. The lowest BCUT2D eigenvalue weighted by Gasteiger charge is -2.20. The number of rotatable bonds is 6. The largest absolute Gasteiger partial charge is 0.411 e. The number of sulfone groups is 1. The molecule has 0 spiro atoms. The zero-order valence-corrected chi connectivity index (χ0v) is 16.9. The summed E-state index contributed by atoms with van der Waals surface area (Å²) in [6, 6.07) is 2.04. The maximum Gasteiger partial charge on any atom is 0.411 e. The van der Waals surface area contributed by atoms with Crippen LogP contribution >= 0.6 is 11.6 Å². The first-order chi connectivity index (χ1) is 12.8. The molecule has 1 aliphatic carbocycles. The lowest BCUT2D eigenvalue weighted by Crippen LogP contribution is -2.35. The van der Waals surface area contributed by atoms with Crippen LogP contribution in [0.15, 0.2) is 17.0 Å². The van der Waals surface area contributed by atoms with Gasteiger partial charge in [0.1, 0.15) is 12.5 Å². The molecule has 1 aromatic carbocycles. The molecule has 0 bridgehead atoms. The Kier molecular flexibility index (Phi) is 8.11. The van der Waals surface area contributed by atoms with Gasteiger partial charge in [-0.15, -0.1) is 0 Å². The molecule has 1 aromatic rings. The van der Waals surface area contributed by atoms with Crippen molar-refractivity contribution in [1.29, 1.82) is 0 Å². The first-order valence-corrected chi connectivity index (χ1v) is 10.4. The number of hydrogen-bond acceptors (Lipinski definition) is 7. The van der Waals surface area contributed by atoms with Gasteiger partial charge in [-0.25, -0.2) is 8.42 Å². The summed E-state index contributed by atoms with van der Waals surface area (Å²) < 4.78 is 65.3. The van der Waals surface area contributed by atoms with Crippen molar-refractivity contribution in [2.75, 3.05) is 12.9 Å². The van der Waals surface area contributed by atoms with Gasteiger partial charge in [-0.2, -0.15) is 13.2 Å². The lowest BCUT2D eigenvalue weighted by atomic mass is 9.81. The molecule has 0 radical (unpaired) electrons. The van der Waals surface area contributed by atoms with Crippen LogP contribution < -0.4 is 6.15 Å². The molecule has 7 nitrogen and oxygen atoms in total. The molecule has 0 heterocycles. The summed E-state index contributed by atoms with van der Waals surface area (Å²) >= 11 is 6.11. The molecule has 0 atom stereocenters. The molecule has 12 heteroatoms. The molecular weight excluding hydrogens is 439 g/mol. The molecule has 1 aliphatic rings. The third-order valence-corrected chi connectivity index (χ3v) is 5.74. The number of ketones is 3. The monoisotopic (exact) mass is 457 g/mol. The van der Waals surface area contributed by atoms with Crippen molar-refractivity contribution in [1.82, 2.24) is 6.15 Å². The van der Waals surface area contributed by atoms with Crippen LogP contribution in [-0.2, 0) is 30.8 Å². The highest BCUT2D eigenvalue weighted by Crippen LogP contribution is 2.32. The van der Waals surface area contributed by atoms with E-state index in [0.29, 0.717) is 6.42 Å². The molecule has 0 amide bonds. The maximum atomic E-state index is 12.7. The van der Waals surface area contributed by atoms with Gasteiger partial charge >= 0.3 is 6.18 Å². The van der Waals surface area contributed by atoms with Crippen molar-refractivity contribution < 1.29 is 40.7 Å². The van der Waals surface area contributed by atoms with Crippen LogP contribution in [-0.4, -0.2) is 44.8 Å². The van der Waals surface area contributed by atoms with Gasteiger partial charge in [-0.3, -0.25) is 14.4 Å². The molecule has 1 fully saturated rings. The van der Waals surface area contributed by atoms with E-state index < -0.39 is 62.4 Å². The fourth-order valence-electron chi connectivity index (χ4n) is 2.90. The van der Waals surface area contributed by atoms with Gasteiger partial charge in [0, 0.05) is 30.2 Å². The van der Waals surface area contributed by atoms with Gasteiger partial charge in [-0.05, 0) is 18.6 Å². The molecule has 29 heavy (non-hydrogen) atoms. The highest BCUT2D eigenvalue weighted by Gasteiger charge is 2.38. The Balaban J connectivity index is 0.00000420. The standard InChI is InChI=1S/C17H16ClF3O6S.H3N/c1-28(25,26)13-6-5-9(15(18)10(13)7-27-8-17(19,20)21)16(24)14-11(22)3-2-4-12(14)23;/h5-6,14H,2-4,7-8H2,1H3;1H3. The van der Waals surface area contributed by atoms with E-state index in [1.54, 1.807) is 0 Å². The van der Waals surface area contributed by atoms with Crippen LogP contribution in [0.25, 0.3) is 0 Å². The normalized spacial score (nSPS) is 15.9. The Morgan fingerprint density at radius 3 is 2.24 bits per heavy atom. The van der Waals surface area contributed by atoms with Crippen molar-refractivity contribution in [3.8, 4) is 0 Å². The van der Waals surface area contributed by atoms with Crippen molar-refractivity contribution >= 4 is 38.8 Å². The van der Waals surface area contributed by atoms with E-state index in [1.807, 2.05) is 0 Å². The molecular formula is C17H19ClF3NO6S. The molecule has 0 aromatic heterocycles. The van der Waals surface area contributed by atoms with Gasteiger partial charge in [0.15, 0.2) is 27.2 Å². The molecule has 3 N–H and O–H groups in total. The van der Waals surface area contributed by atoms with Gasteiger partial charge in [0.25, 0.3) is 0 Å². The fourth-order valence-corrected chi connectivity index (χ4v) is 4.19. The summed E-state index contributed by atoms with van der Waals surface area (Å²) in [6.45, 7) is -2.47. The van der Waals surface area contributed by atoms with Crippen LogP contribution in [0.1, 0.15) is 35.2 Å². The molecule has 0 aliphatic heterocycles. The first-order valence-electron chi connectivity index (χ1n) is 8.08. The third kappa shape index (κ3) is 6.08. The summed E-state index contributed by atoms with van der Waals surface area (Å²) in [6.07, 6.45) is -3.40. The predicted molar refractivity (Wildman–Crippen MR) is 97.0 cm³/mol. The quantitative estimate of drug-likeness (QED) is 0.513. The van der Waals surface area contributed by atoms with Crippen molar-refractivity contribution in [3.05, 3.63) is 28.3 Å². The minimum atomic E-state index is -4.65. The average Bonchev–Trinajstić information content (AvgIpc) is 2.53. The predicted octanol–water partition coefficient (Wildman–Crippen LogP) is 3.11. The highest BCUT2D eigenvalue weighted by molar-refractivity contribution is 7.90. The second-order valence-corrected chi connectivity index (χ2v) is 8.73. The van der Waals surface area contributed by atoms with Gasteiger partial charge in [-0.1, -0.05) is 11.6 Å².